The second-order valence-corrected chi connectivity index (χ2v) is 3.61. The SMILES string of the molecule is Cc1cnc(CC(C)S)nc1. The highest BCUT2D eigenvalue weighted by Crippen LogP contribution is 2.01. The quantitative estimate of drug-likeness (QED) is 0.679. The van der Waals surface area contributed by atoms with E-state index in [4.69, 9.17) is 0 Å². The van der Waals surface area contributed by atoms with E-state index in [1.807, 2.05) is 26.2 Å². The molecule has 3 heteroatoms. The number of aryl methyl sites for hydroxylation is 1. The summed E-state index contributed by atoms with van der Waals surface area (Å²) < 4.78 is 0. The lowest BCUT2D eigenvalue weighted by molar-refractivity contribution is 0.848. The molecule has 0 saturated carbocycles. The molecule has 1 aromatic rings. The number of aromatic nitrogens is 2. The minimum absolute atomic E-state index is 0.331. The van der Waals surface area contributed by atoms with Gasteiger partial charge in [0, 0.05) is 24.1 Å². The molecule has 0 radical (unpaired) electrons. The third-order valence-electron chi connectivity index (χ3n) is 1.31. The van der Waals surface area contributed by atoms with Crippen LogP contribution >= 0.6 is 12.6 Å². The van der Waals surface area contributed by atoms with Gasteiger partial charge >= 0.3 is 0 Å². The zero-order valence-electron chi connectivity index (χ0n) is 6.78. The van der Waals surface area contributed by atoms with Crippen LogP contribution in [0.2, 0.25) is 0 Å². The molecule has 1 heterocycles. The highest BCUT2D eigenvalue weighted by atomic mass is 32.1. The molecule has 1 unspecified atom stereocenters. The number of hydrogen-bond acceptors (Lipinski definition) is 3. The van der Waals surface area contributed by atoms with E-state index in [-0.39, 0.29) is 0 Å². The summed E-state index contributed by atoms with van der Waals surface area (Å²) in [6.45, 7) is 4.01. The highest BCUT2D eigenvalue weighted by Gasteiger charge is 1.99. The molecule has 1 rings (SSSR count). The Labute approximate surface area is 72.5 Å². The fourth-order valence-electron chi connectivity index (χ4n) is 0.789. The van der Waals surface area contributed by atoms with Crippen molar-refractivity contribution in [2.24, 2.45) is 0 Å². The molecule has 2 nitrogen and oxygen atoms in total. The molecule has 0 aliphatic carbocycles. The summed E-state index contributed by atoms with van der Waals surface area (Å²) in [5, 5.41) is 0.331. The van der Waals surface area contributed by atoms with Gasteiger partial charge in [0.2, 0.25) is 0 Å². The van der Waals surface area contributed by atoms with Crippen molar-refractivity contribution in [1.29, 1.82) is 0 Å². The molecule has 0 aliphatic rings. The monoisotopic (exact) mass is 168 g/mol. The molecule has 0 N–H and O–H groups in total. The molecule has 0 spiro atoms. The Bertz CT molecular complexity index is 218. The molecule has 0 fully saturated rings. The second-order valence-electron chi connectivity index (χ2n) is 2.73. The van der Waals surface area contributed by atoms with E-state index in [2.05, 4.69) is 22.6 Å². The minimum atomic E-state index is 0.331. The Morgan fingerprint density at radius 3 is 2.45 bits per heavy atom. The van der Waals surface area contributed by atoms with Crippen molar-refractivity contribution in [3.05, 3.63) is 23.8 Å². The Balaban J connectivity index is 2.66. The Kier molecular flexibility index (Phi) is 2.88. The van der Waals surface area contributed by atoms with Crippen molar-refractivity contribution in [2.45, 2.75) is 25.5 Å². The molecule has 0 bridgehead atoms. The summed E-state index contributed by atoms with van der Waals surface area (Å²) in [6, 6.07) is 0. The van der Waals surface area contributed by atoms with Crippen LogP contribution in [0.25, 0.3) is 0 Å². The van der Waals surface area contributed by atoms with Gasteiger partial charge in [-0.3, -0.25) is 0 Å². The number of hydrogen-bond donors (Lipinski definition) is 1. The van der Waals surface area contributed by atoms with Crippen LogP contribution in [0.5, 0.6) is 0 Å². The van der Waals surface area contributed by atoms with Gasteiger partial charge in [-0.25, -0.2) is 9.97 Å². The summed E-state index contributed by atoms with van der Waals surface area (Å²) in [5.41, 5.74) is 1.10. The highest BCUT2D eigenvalue weighted by molar-refractivity contribution is 7.80. The van der Waals surface area contributed by atoms with E-state index in [9.17, 15) is 0 Å². The normalized spacial score (nSPS) is 13.0. The topological polar surface area (TPSA) is 25.8 Å². The lowest BCUT2D eigenvalue weighted by atomic mass is 10.3. The second kappa shape index (κ2) is 3.72. The maximum Gasteiger partial charge on any atom is 0.129 e. The molecule has 60 valence electrons. The maximum absolute atomic E-state index is 4.26. The minimum Gasteiger partial charge on any atom is -0.241 e. The fourth-order valence-corrected chi connectivity index (χ4v) is 0.952. The molecule has 11 heavy (non-hydrogen) atoms. The number of nitrogens with zero attached hydrogens (tertiary/aromatic N) is 2. The standard InChI is InChI=1S/C8H12N2S/c1-6-4-9-8(10-5-6)3-7(2)11/h4-5,7,11H,3H2,1-2H3. The fraction of sp³-hybridized carbons (Fsp3) is 0.500. The summed E-state index contributed by atoms with van der Waals surface area (Å²) in [4.78, 5) is 8.32. The molecular formula is C8H12N2S. The van der Waals surface area contributed by atoms with Crippen molar-refractivity contribution in [3.63, 3.8) is 0 Å². The van der Waals surface area contributed by atoms with Gasteiger partial charge in [-0.05, 0) is 12.5 Å². The lowest BCUT2D eigenvalue weighted by Crippen LogP contribution is -2.02. The van der Waals surface area contributed by atoms with Crippen molar-refractivity contribution in [1.82, 2.24) is 9.97 Å². The Hall–Kier alpha value is -0.570. The van der Waals surface area contributed by atoms with Crippen molar-refractivity contribution in [2.75, 3.05) is 0 Å². The Morgan fingerprint density at radius 1 is 1.45 bits per heavy atom. The van der Waals surface area contributed by atoms with Gasteiger partial charge in [0.25, 0.3) is 0 Å². The van der Waals surface area contributed by atoms with E-state index < -0.39 is 0 Å². The average Bonchev–Trinajstić information content (AvgIpc) is 1.93. The van der Waals surface area contributed by atoms with Gasteiger partial charge in [-0.15, -0.1) is 0 Å². The van der Waals surface area contributed by atoms with E-state index in [0.717, 1.165) is 17.8 Å². The van der Waals surface area contributed by atoms with Crippen LogP contribution in [0.15, 0.2) is 12.4 Å². The predicted molar refractivity (Wildman–Crippen MR) is 48.9 cm³/mol. The zero-order chi connectivity index (χ0) is 8.27. The molecule has 0 aliphatic heterocycles. The average molecular weight is 168 g/mol. The molecular weight excluding hydrogens is 156 g/mol. The molecule has 0 aromatic carbocycles. The number of thiol groups is 1. The van der Waals surface area contributed by atoms with Crippen molar-refractivity contribution >= 4 is 12.6 Å². The van der Waals surface area contributed by atoms with Crippen LogP contribution in [0.4, 0.5) is 0 Å². The van der Waals surface area contributed by atoms with Gasteiger partial charge in [-0.1, -0.05) is 6.92 Å². The van der Waals surface area contributed by atoms with E-state index >= 15 is 0 Å². The predicted octanol–water partition coefficient (Wildman–Crippen LogP) is 1.65. The summed E-state index contributed by atoms with van der Waals surface area (Å²) in [7, 11) is 0. The van der Waals surface area contributed by atoms with Gasteiger partial charge in [0.05, 0.1) is 0 Å². The smallest absolute Gasteiger partial charge is 0.129 e. The lowest BCUT2D eigenvalue weighted by Gasteiger charge is -2.01. The first-order valence-corrected chi connectivity index (χ1v) is 4.15. The van der Waals surface area contributed by atoms with Crippen LogP contribution in [-0.4, -0.2) is 15.2 Å². The van der Waals surface area contributed by atoms with Gasteiger partial charge in [-0.2, -0.15) is 12.6 Å². The van der Waals surface area contributed by atoms with Gasteiger partial charge in [0.1, 0.15) is 5.82 Å². The maximum atomic E-state index is 4.26. The molecule has 1 atom stereocenters. The summed E-state index contributed by atoms with van der Waals surface area (Å²) in [5.74, 6) is 0.873. The van der Waals surface area contributed by atoms with Crippen LogP contribution < -0.4 is 0 Å². The first-order chi connectivity index (χ1) is 5.18. The van der Waals surface area contributed by atoms with Crippen molar-refractivity contribution < 1.29 is 0 Å². The zero-order valence-corrected chi connectivity index (χ0v) is 7.68. The first-order valence-electron chi connectivity index (χ1n) is 3.64. The van der Waals surface area contributed by atoms with Gasteiger partial charge in [0.15, 0.2) is 0 Å². The molecule has 1 aromatic heterocycles. The van der Waals surface area contributed by atoms with E-state index in [1.54, 1.807) is 0 Å². The van der Waals surface area contributed by atoms with Crippen LogP contribution in [-0.2, 0) is 6.42 Å². The molecule has 0 amide bonds. The summed E-state index contributed by atoms with van der Waals surface area (Å²) >= 11 is 4.26. The van der Waals surface area contributed by atoms with Crippen LogP contribution in [0.3, 0.4) is 0 Å². The first kappa shape index (κ1) is 8.53. The third kappa shape index (κ3) is 2.89. The number of rotatable bonds is 2. The Morgan fingerprint density at radius 2 is 2.00 bits per heavy atom. The van der Waals surface area contributed by atoms with Crippen molar-refractivity contribution in [3.8, 4) is 0 Å². The van der Waals surface area contributed by atoms with Crippen LogP contribution in [0.1, 0.15) is 18.3 Å². The third-order valence-corrected chi connectivity index (χ3v) is 1.49. The van der Waals surface area contributed by atoms with E-state index in [0.29, 0.717) is 5.25 Å². The van der Waals surface area contributed by atoms with Gasteiger partial charge < -0.3 is 0 Å². The molecule has 0 saturated heterocycles. The van der Waals surface area contributed by atoms with Crippen LogP contribution in [0, 0.1) is 6.92 Å². The largest absolute Gasteiger partial charge is 0.241 e. The van der Waals surface area contributed by atoms with E-state index in [1.165, 1.54) is 0 Å². The summed E-state index contributed by atoms with van der Waals surface area (Å²) in [6.07, 6.45) is 4.50.